The average molecular weight is 210 g/mol. The lowest BCUT2D eigenvalue weighted by Gasteiger charge is -1.97. The second-order valence-electron chi connectivity index (χ2n) is 2.31. The van der Waals surface area contributed by atoms with Crippen LogP contribution < -0.4 is 0 Å². The van der Waals surface area contributed by atoms with E-state index in [0.717, 1.165) is 16.5 Å². The van der Waals surface area contributed by atoms with E-state index >= 15 is 0 Å². The van der Waals surface area contributed by atoms with E-state index in [4.69, 9.17) is 5.26 Å². The van der Waals surface area contributed by atoms with E-state index in [9.17, 15) is 0 Å². The van der Waals surface area contributed by atoms with Crippen LogP contribution in [0.1, 0.15) is 18.1 Å². The van der Waals surface area contributed by atoms with E-state index < -0.39 is 0 Å². The minimum Gasteiger partial charge on any atom is -0.192 e. The number of nitrogens with zero attached hydrogens (tertiary/aromatic N) is 1. The van der Waals surface area contributed by atoms with Crippen LogP contribution in [-0.2, 0) is 6.42 Å². The van der Waals surface area contributed by atoms with Gasteiger partial charge in [-0.25, -0.2) is 0 Å². The van der Waals surface area contributed by atoms with E-state index in [0.29, 0.717) is 0 Å². The highest BCUT2D eigenvalue weighted by atomic mass is 79.9. The Balaban J connectivity index is 3.15. The fourth-order valence-electron chi connectivity index (χ4n) is 0.919. The number of benzene rings is 1. The monoisotopic (exact) mass is 209 g/mol. The Hall–Kier alpha value is -0.810. The second kappa shape index (κ2) is 3.54. The van der Waals surface area contributed by atoms with E-state index in [2.05, 4.69) is 28.9 Å². The first kappa shape index (κ1) is 8.29. The Labute approximate surface area is 74.8 Å². The summed E-state index contributed by atoms with van der Waals surface area (Å²) in [7, 11) is 0. The van der Waals surface area contributed by atoms with E-state index in [-0.39, 0.29) is 0 Å². The number of hydrogen-bond acceptors (Lipinski definition) is 1. The van der Waals surface area contributed by atoms with Gasteiger partial charge in [-0.15, -0.1) is 0 Å². The SMILES string of the molecule is CCc1cc(Br)cc(C#N)c1. The molecule has 0 fully saturated rings. The molecule has 0 atom stereocenters. The fourth-order valence-corrected chi connectivity index (χ4v) is 1.46. The number of hydrogen-bond donors (Lipinski definition) is 0. The zero-order chi connectivity index (χ0) is 8.27. The Bertz CT molecular complexity index is 299. The molecule has 0 radical (unpaired) electrons. The molecule has 56 valence electrons. The summed E-state index contributed by atoms with van der Waals surface area (Å²) < 4.78 is 0.980. The van der Waals surface area contributed by atoms with Crippen molar-refractivity contribution in [3.05, 3.63) is 33.8 Å². The minimum atomic E-state index is 0.719. The molecule has 1 aromatic carbocycles. The van der Waals surface area contributed by atoms with Crippen LogP contribution in [0.25, 0.3) is 0 Å². The van der Waals surface area contributed by atoms with Gasteiger partial charge in [-0.2, -0.15) is 5.26 Å². The van der Waals surface area contributed by atoms with Crippen molar-refractivity contribution in [3.8, 4) is 6.07 Å². The molecular formula is C9H8BrN. The maximum atomic E-state index is 8.61. The first-order valence-electron chi connectivity index (χ1n) is 3.46. The van der Waals surface area contributed by atoms with Crippen molar-refractivity contribution in [2.24, 2.45) is 0 Å². The molecule has 0 N–H and O–H groups in total. The van der Waals surface area contributed by atoms with Crippen molar-refractivity contribution in [2.45, 2.75) is 13.3 Å². The highest BCUT2D eigenvalue weighted by Crippen LogP contribution is 2.15. The van der Waals surface area contributed by atoms with Crippen LogP contribution in [-0.4, -0.2) is 0 Å². The molecule has 11 heavy (non-hydrogen) atoms. The number of nitriles is 1. The molecule has 0 unspecified atom stereocenters. The lowest BCUT2D eigenvalue weighted by molar-refractivity contribution is 1.13. The molecule has 1 rings (SSSR count). The highest BCUT2D eigenvalue weighted by molar-refractivity contribution is 9.10. The molecule has 1 nitrogen and oxygen atoms in total. The smallest absolute Gasteiger partial charge is 0.0992 e. The Morgan fingerprint density at radius 2 is 2.18 bits per heavy atom. The first-order valence-corrected chi connectivity index (χ1v) is 4.25. The summed E-state index contributed by atoms with van der Waals surface area (Å²) in [6, 6.07) is 7.87. The number of halogens is 1. The Kier molecular flexibility index (Phi) is 2.67. The van der Waals surface area contributed by atoms with Crippen molar-refractivity contribution < 1.29 is 0 Å². The van der Waals surface area contributed by atoms with Crippen molar-refractivity contribution in [1.29, 1.82) is 5.26 Å². The van der Waals surface area contributed by atoms with Gasteiger partial charge in [0, 0.05) is 4.47 Å². The molecule has 0 bridgehead atoms. The van der Waals surface area contributed by atoms with Gasteiger partial charge in [0.1, 0.15) is 0 Å². The second-order valence-corrected chi connectivity index (χ2v) is 3.23. The summed E-state index contributed by atoms with van der Waals surface area (Å²) in [4.78, 5) is 0. The molecule has 0 saturated heterocycles. The van der Waals surface area contributed by atoms with Crippen molar-refractivity contribution in [3.63, 3.8) is 0 Å². The molecule has 0 aliphatic rings. The fraction of sp³-hybridized carbons (Fsp3) is 0.222. The summed E-state index contributed by atoms with van der Waals surface area (Å²) in [6.07, 6.45) is 0.966. The van der Waals surface area contributed by atoms with E-state index in [1.54, 1.807) is 0 Å². The van der Waals surface area contributed by atoms with Gasteiger partial charge in [-0.1, -0.05) is 22.9 Å². The molecule has 2 heteroatoms. The molecule has 1 aromatic rings. The van der Waals surface area contributed by atoms with Crippen molar-refractivity contribution >= 4 is 15.9 Å². The molecular weight excluding hydrogens is 202 g/mol. The van der Waals surface area contributed by atoms with Crippen LogP contribution in [0.4, 0.5) is 0 Å². The molecule has 0 heterocycles. The summed E-state index contributed by atoms with van der Waals surface area (Å²) >= 11 is 3.34. The van der Waals surface area contributed by atoms with Gasteiger partial charge in [0.2, 0.25) is 0 Å². The maximum absolute atomic E-state index is 8.61. The standard InChI is InChI=1S/C9H8BrN/c1-2-7-3-8(6-11)5-9(10)4-7/h3-5H,2H2,1H3. The molecule has 0 saturated carbocycles. The lowest BCUT2D eigenvalue weighted by Crippen LogP contribution is -1.82. The predicted molar refractivity (Wildman–Crippen MR) is 48.2 cm³/mol. The zero-order valence-electron chi connectivity index (χ0n) is 6.26. The van der Waals surface area contributed by atoms with E-state index in [1.165, 1.54) is 5.56 Å². The van der Waals surface area contributed by atoms with Crippen LogP contribution in [0.2, 0.25) is 0 Å². The van der Waals surface area contributed by atoms with Crippen LogP contribution in [0.15, 0.2) is 22.7 Å². The minimum absolute atomic E-state index is 0.719. The zero-order valence-corrected chi connectivity index (χ0v) is 7.85. The van der Waals surface area contributed by atoms with Gasteiger partial charge in [0.25, 0.3) is 0 Å². The third-order valence-corrected chi connectivity index (χ3v) is 1.95. The summed E-state index contributed by atoms with van der Waals surface area (Å²) in [5, 5.41) is 8.61. The molecule has 0 spiro atoms. The van der Waals surface area contributed by atoms with Gasteiger partial charge in [-0.3, -0.25) is 0 Å². The van der Waals surface area contributed by atoms with Crippen LogP contribution in [0.5, 0.6) is 0 Å². The van der Waals surface area contributed by atoms with Crippen molar-refractivity contribution in [2.75, 3.05) is 0 Å². The number of aryl methyl sites for hydroxylation is 1. The molecule has 0 aliphatic carbocycles. The summed E-state index contributed by atoms with van der Waals surface area (Å²) in [6.45, 7) is 2.07. The highest BCUT2D eigenvalue weighted by Gasteiger charge is 1.95. The van der Waals surface area contributed by atoms with E-state index in [1.807, 2.05) is 18.2 Å². The number of rotatable bonds is 1. The topological polar surface area (TPSA) is 23.8 Å². The van der Waals surface area contributed by atoms with Gasteiger partial charge in [-0.05, 0) is 30.2 Å². The maximum Gasteiger partial charge on any atom is 0.0992 e. The quantitative estimate of drug-likeness (QED) is 0.699. The third-order valence-electron chi connectivity index (χ3n) is 1.49. The van der Waals surface area contributed by atoms with Crippen molar-refractivity contribution in [1.82, 2.24) is 0 Å². The summed E-state index contributed by atoms with van der Waals surface area (Å²) in [5.74, 6) is 0. The molecule has 0 amide bonds. The first-order chi connectivity index (χ1) is 5.26. The van der Waals surface area contributed by atoms with Crippen LogP contribution >= 0.6 is 15.9 Å². The lowest BCUT2D eigenvalue weighted by atomic mass is 10.1. The normalized spacial score (nSPS) is 9.18. The Morgan fingerprint density at radius 3 is 2.73 bits per heavy atom. The predicted octanol–water partition coefficient (Wildman–Crippen LogP) is 2.88. The average Bonchev–Trinajstić information content (AvgIpc) is 2.03. The van der Waals surface area contributed by atoms with Gasteiger partial charge >= 0.3 is 0 Å². The van der Waals surface area contributed by atoms with Gasteiger partial charge in [0.15, 0.2) is 0 Å². The third kappa shape index (κ3) is 2.06. The van der Waals surface area contributed by atoms with Gasteiger partial charge in [0.05, 0.1) is 11.6 Å². The molecule has 0 aromatic heterocycles. The largest absolute Gasteiger partial charge is 0.192 e. The van der Waals surface area contributed by atoms with Gasteiger partial charge < -0.3 is 0 Å². The molecule has 0 aliphatic heterocycles. The van der Waals surface area contributed by atoms with Crippen LogP contribution in [0.3, 0.4) is 0 Å². The Morgan fingerprint density at radius 1 is 1.45 bits per heavy atom. The summed E-state index contributed by atoms with van der Waals surface area (Å²) in [5.41, 5.74) is 1.91. The van der Waals surface area contributed by atoms with Crippen LogP contribution in [0, 0.1) is 11.3 Å².